The smallest absolute Gasteiger partial charge is 0.255 e. The molecule has 0 radical (unpaired) electrons. The summed E-state index contributed by atoms with van der Waals surface area (Å²) in [5, 5.41) is 10.7. The molecule has 3 rings (SSSR count). The molecule has 5 heteroatoms. The molecule has 0 bridgehead atoms. The van der Waals surface area contributed by atoms with E-state index in [0.29, 0.717) is 24.5 Å². The van der Waals surface area contributed by atoms with Crippen molar-refractivity contribution in [2.75, 3.05) is 20.2 Å². The number of likely N-dealkylation sites (tertiary alicyclic amines) is 1. The summed E-state index contributed by atoms with van der Waals surface area (Å²) in [4.78, 5) is 18.5. The Kier molecular flexibility index (Phi) is 3.85. The van der Waals surface area contributed by atoms with Gasteiger partial charge in [-0.05, 0) is 38.2 Å². The fraction of sp³-hybridized carbons (Fsp3) is 0.647. The molecule has 0 aromatic carbocycles. The minimum absolute atomic E-state index is 0.0179. The van der Waals surface area contributed by atoms with Crippen molar-refractivity contribution in [3.05, 3.63) is 23.9 Å². The average Bonchev–Trinajstić information content (AvgIpc) is 2.59. The van der Waals surface area contributed by atoms with Crippen molar-refractivity contribution in [3.63, 3.8) is 0 Å². The number of rotatable bonds is 3. The number of piperidine rings is 1. The van der Waals surface area contributed by atoms with Gasteiger partial charge in [-0.1, -0.05) is 6.92 Å². The molecule has 2 heterocycles. The summed E-state index contributed by atoms with van der Waals surface area (Å²) in [6, 6.07) is 3.46. The third-order valence-electron chi connectivity index (χ3n) is 5.79. The second-order valence-corrected chi connectivity index (χ2v) is 6.55. The first kappa shape index (κ1) is 15.3. The molecule has 1 N–H and O–H groups in total. The third-order valence-corrected chi connectivity index (χ3v) is 5.79. The predicted octanol–water partition coefficient (Wildman–Crippen LogP) is 2.25. The van der Waals surface area contributed by atoms with E-state index in [9.17, 15) is 9.90 Å². The van der Waals surface area contributed by atoms with Gasteiger partial charge < -0.3 is 14.7 Å². The molecular weight excluding hydrogens is 280 g/mol. The largest absolute Gasteiger partial charge is 0.481 e. The number of amides is 1. The maximum absolute atomic E-state index is 12.5. The van der Waals surface area contributed by atoms with Crippen LogP contribution >= 0.6 is 0 Å². The van der Waals surface area contributed by atoms with Crippen molar-refractivity contribution in [3.8, 4) is 5.88 Å². The minimum Gasteiger partial charge on any atom is -0.481 e. The van der Waals surface area contributed by atoms with Crippen LogP contribution in [0.2, 0.25) is 0 Å². The van der Waals surface area contributed by atoms with Gasteiger partial charge >= 0.3 is 0 Å². The summed E-state index contributed by atoms with van der Waals surface area (Å²) in [6.45, 7) is 3.49. The highest BCUT2D eigenvalue weighted by atomic mass is 16.5. The van der Waals surface area contributed by atoms with Crippen molar-refractivity contribution in [1.82, 2.24) is 9.88 Å². The summed E-state index contributed by atoms with van der Waals surface area (Å²) in [7, 11) is 1.56. The molecule has 1 atom stereocenters. The zero-order valence-electron chi connectivity index (χ0n) is 13.3. The van der Waals surface area contributed by atoms with E-state index in [1.54, 1.807) is 25.4 Å². The second-order valence-electron chi connectivity index (χ2n) is 6.55. The maximum atomic E-state index is 12.5. The molecule has 1 aromatic heterocycles. The zero-order chi connectivity index (χ0) is 15.8. The first-order valence-electron chi connectivity index (χ1n) is 8.05. The molecule has 22 heavy (non-hydrogen) atoms. The molecule has 2 fully saturated rings. The lowest BCUT2D eigenvalue weighted by Gasteiger charge is -2.59. The Bertz CT molecular complexity index is 546. The highest BCUT2D eigenvalue weighted by Gasteiger charge is 2.57. The van der Waals surface area contributed by atoms with Crippen molar-refractivity contribution in [2.45, 2.75) is 44.6 Å². The van der Waals surface area contributed by atoms with Crippen molar-refractivity contribution in [2.24, 2.45) is 5.41 Å². The molecule has 1 amide bonds. The Morgan fingerprint density at radius 1 is 1.32 bits per heavy atom. The Morgan fingerprint density at radius 2 is 2.05 bits per heavy atom. The summed E-state index contributed by atoms with van der Waals surface area (Å²) in [5.41, 5.74) is 0.122. The van der Waals surface area contributed by atoms with E-state index < -0.39 is 5.60 Å². The lowest BCUT2D eigenvalue weighted by atomic mass is 9.51. The molecule has 2 aliphatic rings. The summed E-state index contributed by atoms with van der Waals surface area (Å²) in [5.74, 6) is 0.529. The van der Waals surface area contributed by atoms with E-state index in [-0.39, 0.29) is 11.3 Å². The normalized spacial score (nSPS) is 26.6. The number of carbonyl (C=O) groups is 1. The van der Waals surface area contributed by atoms with Crippen LogP contribution in [0.1, 0.15) is 49.4 Å². The van der Waals surface area contributed by atoms with E-state index in [1.807, 2.05) is 4.90 Å². The molecule has 1 unspecified atom stereocenters. The van der Waals surface area contributed by atoms with E-state index in [1.165, 1.54) is 0 Å². The number of aliphatic hydroxyl groups is 1. The average molecular weight is 304 g/mol. The van der Waals surface area contributed by atoms with E-state index in [4.69, 9.17) is 4.74 Å². The highest BCUT2D eigenvalue weighted by Crippen LogP contribution is 2.57. The first-order chi connectivity index (χ1) is 10.5. The molecule has 5 nitrogen and oxygen atoms in total. The van der Waals surface area contributed by atoms with Crippen LogP contribution in [0.5, 0.6) is 5.88 Å². The fourth-order valence-corrected chi connectivity index (χ4v) is 3.98. The van der Waals surface area contributed by atoms with Crippen LogP contribution in [0.25, 0.3) is 0 Å². The van der Waals surface area contributed by atoms with E-state index in [0.717, 1.165) is 32.1 Å². The van der Waals surface area contributed by atoms with Crippen molar-refractivity contribution >= 4 is 5.91 Å². The van der Waals surface area contributed by atoms with Crippen LogP contribution in [0.15, 0.2) is 18.3 Å². The third kappa shape index (κ3) is 2.28. The van der Waals surface area contributed by atoms with Gasteiger partial charge in [0.15, 0.2) is 0 Å². The van der Waals surface area contributed by atoms with Gasteiger partial charge in [-0.15, -0.1) is 0 Å². The van der Waals surface area contributed by atoms with Crippen molar-refractivity contribution in [1.29, 1.82) is 0 Å². The molecule has 1 saturated carbocycles. The number of hydrogen-bond donors (Lipinski definition) is 1. The number of carbonyl (C=O) groups excluding carboxylic acids is 1. The van der Waals surface area contributed by atoms with Gasteiger partial charge in [0.25, 0.3) is 5.91 Å². The monoisotopic (exact) mass is 304 g/mol. The van der Waals surface area contributed by atoms with Gasteiger partial charge in [0.2, 0.25) is 5.88 Å². The van der Waals surface area contributed by atoms with Crippen LogP contribution in [-0.2, 0) is 0 Å². The quantitative estimate of drug-likeness (QED) is 0.930. The highest BCUT2D eigenvalue weighted by molar-refractivity contribution is 5.94. The maximum Gasteiger partial charge on any atom is 0.255 e. The lowest BCUT2D eigenvalue weighted by Crippen LogP contribution is -2.61. The van der Waals surface area contributed by atoms with Gasteiger partial charge in [0.1, 0.15) is 0 Å². The summed E-state index contributed by atoms with van der Waals surface area (Å²) < 4.78 is 5.02. The van der Waals surface area contributed by atoms with Crippen LogP contribution in [0.4, 0.5) is 0 Å². The number of nitrogens with zero attached hydrogens (tertiary/aromatic N) is 2. The van der Waals surface area contributed by atoms with E-state index in [2.05, 4.69) is 11.9 Å². The lowest BCUT2D eigenvalue weighted by molar-refractivity contribution is -0.188. The molecule has 1 spiro atoms. The van der Waals surface area contributed by atoms with Crippen LogP contribution in [0, 0.1) is 5.41 Å². The Balaban J connectivity index is 1.65. The van der Waals surface area contributed by atoms with Gasteiger partial charge in [-0.2, -0.15) is 0 Å². The second kappa shape index (κ2) is 5.54. The van der Waals surface area contributed by atoms with Crippen LogP contribution in [0.3, 0.4) is 0 Å². The standard InChI is InChI=1S/C17H24N2O3/c1-3-17(21)7-6-16(17)8-10-19(11-9-16)15(20)13-4-5-14(22-2)18-12-13/h4-5,12,21H,3,6-11H2,1-2H3. The van der Waals surface area contributed by atoms with Gasteiger partial charge in [-0.25, -0.2) is 4.98 Å². The fourth-order valence-electron chi connectivity index (χ4n) is 3.98. The number of methoxy groups -OCH3 is 1. The van der Waals surface area contributed by atoms with Gasteiger partial charge in [-0.3, -0.25) is 4.79 Å². The Hall–Kier alpha value is -1.62. The SMILES string of the molecule is CCC1(O)CCC12CCN(C(=O)c1ccc(OC)nc1)CC2. The van der Waals surface area contributed by atoms with Gasteiger partial charge in [0, 0.05) is 30.8 Å². The van der Waals surface area contributed by atoms with Gasteiger partial charge in [0.05, 0.1) is 18.3 Å². The topological polar surface area (TPSA) is 62.7 Å². The predicted molar refractivity (Wildman–Crippen MR) is 82.8 cm³/mol. The number of hydrogen-bond acceptors (Lipinski definition) is 4. The van der Waals surface area contributed by atoms with Crippen molar-refractivity contribution < 1.29 is 14.6 Å². The minimum atomic E-state index is -0.510. The first-order valence-corrected chi connectivity index (χ1v) is 8.05. The molecule has 120 valence electrons. The van der Waals surface area contributed by atoms with Crippen LogP contribution in [-0.4, -0.2) is 46.7 Å². The number of ether oxygens (including phenoxy) is 1. The molecular formula is C17H24N2O3. The zero-order valence-corrected chi connectivity index (χ0v) is 13.3. The molecule has 1 aliphatic carbocycles. The Labute approximate surface area is 131 Å². The summed E-state index contributed by atoms with van der Waals surface area (Å²) >= 11 is 0. The Morgan fingerprint density at radius 3 is 2.50 bits per heavy atom. The molecule has 1 aromatic rings. The summed E-state index contributed by atoms with van der Waals surface area (Å²) in [6.07, 6.45) is 6.16. The van der Waals surface area contributed by atoms with Crippen LogP contribution < -0.4 is 4.74 Å². The number of pyridine rings is 1. The molecule has 1 saturated heterocycles. The number of aromatic nitrogens is 1. The van der Waals surface area contributed by atoms with E-state index >= 15 is 0 Å². The molecule has 1 aliphatic heterocycles.